The second-order valence-electron chi connectivity index (χ2n) is 23.2. The summed E-state index contributed by atoms with van der Waals surface area (Å²) in [5.74, 6) is -0.0600. The average molecular weight is 1040 g/mol. The number of carbonyl (C=O) groups excluding carboxylic acids is 2. The van der Waals surface area contributed by atoms with E-state index in [0.29, 0.717) is 19.4 Å². The van der Waals surface area contributed by atoms with Crippen LogP contribution in [-0.4, -0.2) is 47.4 Å². The molecule has 0 saturated heterocycles. The fraction of sp³-hybridized carbons (Fsp3) is 0.912. The molecule has 0 bridgehead atoms. The number of nitrogens with one attached hydrogen (secondary N) is 1. The Morgan fingerprint density at radius 2 is 0.635 bits per heavy atom. The number of aliphatic hydroxyl groups is 2. The van der Waals surface area contributed by atoms with E-state index in [2.05, 4.69) is 31.3 Å². The van der Waals surface area contributed by atoms with E-state index >= 15 is 0 Å². The minimum absolute atomic E-state index is 0.0130. The highest BCUT2D eigenvalue weighted by molar-refractivity contribution is 5.76. The predicted octanol–water partition coefficient (Wildman–Crippen LogP) is 21.4. The van der Waals surface area contributed by atoms with E-state index in [9.17, 15) is 19.8 Å². The van der Waals surface area contributed by atoms with E-state index < -0.39 is 12.1 Å². The molecule has 0 aromatic carbocycles. The number of aliphatic hydroxyl groups excluding tert-OH is 2. The third-order valence-corrected chi connectivity index (χ3v) is 15.7. The minimum Gasteiger partial charge on any atom is -0.466 e. The van der Waals surface area contributed by atoms with Crippen molar-refractivity contribution in [2.45, 2.75) is 386 Å². The number of allylic oxidation sites excluding steroid dienone is 3. The van der Waals surface area contributed by atoms with Crippen LogP contribution in [0, 0.1) is 0 Å². The summed E-state index contributed by atoms with van der Waals surface area (Å²) in [5, 5.41) is 23.2. The van der Waals surface area contributed by atoms with Gasteiger partial charge in [-0.1, -0.05) is 327 Å². The van der Waals surface area contributed by atoms with Crippen LogP contribution in [0.3, 0.4) is 0 Å². The standard InChI is InChI=1S/C68H131NO5/c1-3-5-7-9-11-13-15-17-19-21-25-30-34-38-42-46-50-54-58-62-68(73)74-63-59-55-51-47-43-39-35-31-27-24-22-23-26-29-33-37-41-45-49-53-57-61-67(72)69-65(64-70)66(71)60-56-52-48-44-40-36-32-28-20-18-16-14-12-10-8-6-4-2/h23,26,56,60,65-66,70-71H,3-22,24-25,27-55,57-59,61-64H2,1-2H3,(H,69,72)/b26-23-,60-56+. The van der Waals surface area contributed by atoms with Gasteiger partial charge in [0.2, 0.25) is 5.91 Å². The molecule has 6 nitrogen and oxygen atoms in total. The summed E-state index contributed by atoms with van der Waals surface area (Å²) in [6, 6.07) is -0.634. The Morgan fingerprint density at radius 1 is 0.365 bits per heavy atom. The monoisotopic (exact) mass is 1040 g/mol. The van der Waals surface area contributed by atoms with Crippen LogP contribution in [0.1, 0.15) is 373 Å². The van der Waals surface area contributed by atoms with Crippen molar-refractivity contribution < 1.29 is 24.5 Å². The number of esters is 1. The number of rotatable bonds is 63. The second kappa shape index (κ2) is 63.9. The molecule has 0 aromatic heterocycles. The van der Waals surface area contributed by atoms with E-state index in [-0.39, 0.29) is 18.5 Å². The van der Waals surface area contributed by atoms with Crippen LogP contribution in [0.5, 0.6) is 0 Å². The molecular formula is C68H131NO5. The number of hydrogen-bond donors (Lipinski definition) is 3. The Labute approximate surface area is 462 Å². The van der Waals surface area contributed by atoms with Crippen molar-refractivity contribution in [3.05, 3.63) is 24.3 Å². The summed E-state index contributed by atoms with van der Waals surface area (Å²) in [6.07, 6.45) is 79.5. The first-order chi connectivity index (χ1) is 36.5. The van der Waals surface area contributed by atoms with Gasteiger partial charge in [0.25, 0.3) is 0 Å². The van der Waals surface area contributed by atoms with Crippen LogP contribution >= 0.6 is 0 Å². The van der Waals surface area contributed by atoms with Gasteiger partial charge in [0.1, 0.15) is 0 Å². The maximum Gasteiger partial charge on any atom is 0.305 e. The molecule has 0 aliphatic carbocycles. The SMILES string of the molecule is CCCCCCCCCCCCCCCCC/C=C/C(O)C(CO)NC(=O)CCCCCCCCC/C=C\CCCCCCCCCCCCOC(=O)CCCCCCCCCCCCCCCCCCCCC. The Kier molecular flexibility index (Phi) is 62.4. The molecule has 0 heterocycles. The van der Waals surface area contributed by atoms with Gasteiger partial charge in [-0.2, -0.15) is 0 Å². The second-order valence-corrected chi connectivity index (χ2v) is 23.2. The lowest BCUT2D eigenvalue weighted by Crippen LogP contribution is -2.45. The van der Waals surface area contributed by atoms with Gasteiger partial charge in [0.05, 0.1) is 25.4 Å². The Balaban J connectivity index is 3.42. The van der Waals surface area contributed by atoms with Gasteiger partial charge in [0.15, 0.2) is 0 Å². The molecule has 0 saturated carbocycles. The molecule has 2 atom stereocenters. The third kappa shape index (κ3) is 59.6. The number of carbonyl (C=O) groups is 2. The largest absolute Gasteiger partial charge is 0.466 e. The first-order valence-electron chi connectivity index (χ1n) is 33.6. The molecule has 0 aromatic rings. The molecule has 0 spiro atoms. The lowest BCUT2D eigenvalue weighted by Gasteiger charge is -2.20. The summed E-state index contributed by atoms with van der Waals surface area (Å²) in [7, 11) is 0. The summed E-state index contributed by atoms with van der Waals surface area (Å²) >= 11 is 0. The summed E-state index contributed by atoms with van der Waals surface area (Å²) in [6.45, 7) is 4.93. The van der Waals surface area contributed by atoms with Gasteiger partial charge >= 0.3 is 5.97 Å². The van der Waals surface area contributed by atoms with Crippen LogP contribution in [0.15, 0.2) is 24.3 Å². The van der Waals surface area contributed by atoms with Crippen molar-refractivity contribution in [3.63, 3.8) is 0 Å². The maximum absolute atomic E-state index is 12.5. The molecule has 0 aliphatic rings. The first kappa shape index (κ1) is 72.3. The van der Waals surface area contributed by atoms with Gasteiger partial charge in [0, 0.05) is 12.8 Å². The van der Waals surface area contributed by atoms with Gasteiger partial charge in [-0.15, -0.1) is 0 Å². The van der Waals surface area contributed by atoms with Crippen molar-refractivity contribution in [2.75, 3.05) is 13.2 Å². The molecule has 0 aliphatic heterocycles. The van der Waals surface area contributed by atoms with Crippen molar-refractivity contribution in [3.8, 4) is 0 Å². The molecule has 1 amide bonds. The number of amides is 1. The molecule has 6 heteroatoms. The van der Waals surface area contributed by atoms with Crippen molar-refractivity contribution in [1.82, 2.24) is 5.32 Å². The molecule has 0 radical (unpaired) electrons. The van der Waals surface area contributed by atoms with E-state index in [1.54, 1.807) is 6.08 Å². The zero-order valence-corrected chi connectivity index (χ0v) is 50.1. The number of unbranched alkanes of at least 4 members (excludes halogenated alkanes) is 50. The van der Waals surface area contributed by atoms with Crippen molar-refractivity contribution in [2.24, 2.45) is 0 Å². The fourth-order valence-corrected chi connectivity index (χ4v) is 10.6. The Bertz CT molecular complexity index is 1150. The highest BCUT2D eigenvalue weighted by Gasteiger charge is 2.18. The van der Waals surface area contributed by atoms with E-state index in [1.165, 1.54) is 302 Å². The molecule has 2 unspecified atom stereocenters. The van der Waals surface area contributed by atoms with Crippen LogP contribution in [0.2, 0.25) is 0 Å². The number of hydrogen-bond acceptors (Lipinski definition) is 5. The van der Waals surface area contributed by atoms with E-state index in [1.807, 2.05) is 6.08 Å². The lowest BCUT2D eigenvalue weighted by atomic mass is 10.0. The zero-order valence-electron chi connectivity index (χ0n) is 50.1. The van der Waals surface area contributed by atoms with Crippen LogP contribution in [-0.2, 0) is 14.3 Å². The smallest absolute Gasteiger partial charge is 0.305 e. The van der Waals surface area contributed by atoms with Crippen LogP contribution in [0.25, 0.3) is 0 Å². The van der Waals surface area contributed by atoms with Crippen LogP contribution < -0.4 is 5.32 Å². The van der Waals surface area contributed by atoms with E-state index in [0.717, 1.165) is 44.9 Å². The van der Waals surface area contributed by atoms with Gasteiger partial charge < -0.3 is 20.3 Å². The van der Waals surface area contributed by atoms with Crippen molar-refractivity contribution in [1.29, 1.82) is 0 Å². The van der Waals surface area contributed by atoms with Crippen LogP contribution in [0.4, 0.5) is 0 Å². The Morgan fingerprint density at radius 3 is 0.959 bits per heavy atom. The first-order valence-corrected chi connectivity index (χ1v) is 33.6. The maximum atomic E-state index is 12.5. The Hall–Kier alpha value is -1.66. The summed E-state index contributed by atoms with van der Waals surface area (Å²) in [4.78, 5) is 24.6. The predicted molar refractivity (Wildman–Crippen MR) is 324 cm³/mol. The zero-order chi connectivity index (χ0) is 53.6. The molecule has 438 valence electrons. The molecular weight excluding hydrogens is 911 g/mol. The molecule has 74 heavy (non-hydrogen) atoms. The lowest BCUT2D eigenvalue weighted by molar-refractivity contribution is -0.143. The van der Waals surface area contributed by atoms with Gasteiger partial charge in [-0.25, -0.2) is 0 Å². The molecule has 0 fully saturated rings. The molecule has 0 rings (SSSR count). The normalized spacial score (nSPS) is 12.6. The van der Waals surface area contributed by atoms with Gasteiger partial charge in [-0.3, -0.25) is 9.59 Å². The topological polar surface area (TPSA) is 95.9 Å². The van der Waals surface area contributed by atoms with Crippen molar-refractivity contribution >= 4 is 11.9 Å². The number of ether oxygens (including phenoxy) is 1. The summed E-state index contributed by atoms with van der Waals surface area (Å²) < 4.78 is 5.51. The molecule has 3 N–H and O–H groups in total. The minimum atomic E-state index is -0.849. The highest BCUT2D eigenvalue weighted by Crippen LogP contribution is 2.18. The quantitative estimate of drug-likeness (QED) is 0.0320. The van der Waals surface area contributed by atoms with Gasteiger partial charge in [-0.05, 0) is 57.8 Å². The summed E-state index contributed by atoms with van der Waals surface area (Å²) in [5.41, 5.74) is 0. The highest BCUT2D eigenvalue weighted by atomic mass is 16.5. The third-order valence-electron chi connectivity index (χ3n) is 15.7. The fourth-order valence-electron chi connectivity index (χ4n) is 10.6. The average Bonchev–Trinajstić information content (AvgIpc) is 3.40. The van der Waals surface area contributed by atoms with E-state index in [4.69, 9.17) is 4.74 Å².